The highest BCUT2D eigenvalue weighted by Crippen LogP contribution is 2.33. The molecule has 158 valence electrons. The lowest BCUT2D eigenvalue weighted by atomic mass is 10.1. The van der Waals surface area contributed by atoms with Gasteiger partial charge >= 0.3 is 11.7 Å². The maximum Gasteiger partial charge on any atom is 0.333 e. The molecule has 9 nitrogen and oxygen atoms in total. The van der Waals surface area contributed by atoms with E-state index in [1.54, 1.807) is 14.0 Å². The van der Waals surface area contributed by atoms with Crippen molar-refractivity contribution in [2.75, 3.05) is 18.1 Å². The zero-order valence-electron chi connectivity index (χ0n) is 17.0. The molecular formula is C20H22BrN5O4. The molecule has 0 saturated heterocycles. The van der Waals surface area contributed by atoms with Gasteiger partial charge in [-0.25, -0.2) is 9.36 Å². The van der Waals surface area contributed by atoms with Crippen LogP contribution in [0.4, 0.5) is 11.6 Å². The number of fused-ring (bicyclic) bond motifs is 3. The van der Waals surface area contributed by atoms with Gasteiger partial charge in [-0.1, -0.05) is 22.9 Å². The second-order valence-corrected chi connectivity index (χ2v) is 8.34. The van der Waals surface area contributed by atoms with Crippen molar-refractivity contribution in [2.24, 2.45) is 13.0 Å². The van der Waals surface area contributed by atoms with Gasteiger partial charge in [-0.05, 0) is 37.1 Å². The van der Waals surface area contributed by atoms with Gasteiger partial charge in [-0.15, -0.1) is 0 Å². The molecule has 0 bridgehead atoms. The van der Waals surface area contributed by atoms with E-state index in [4.69, 9.17) is 4.74 Å². The largest absolute Gasteiger partial charge is 0.465 e. The summed E-state index contributed by atoms with van der Waals surface area (Å²) in [6.07, 6.45) is 0. The Morgan fingerprint density at radius 3 is 2.60 bits per heavy atom. The Bertz CT molecular complexity index is 1240. The minimum Gasteiger partial charge on any atom is -0.465 e. The zero-order valence-corrected chi connectivity index (χ0v) is 18.5. The van der Waals surface area contributed by atoms with Crippen LogP contribution in [0, 0.1) is 5.92 Å². The lowest BCUT2D eigenvalue weighted by molar-refractivity contribution is -0.143. The Morgan fingerprint density at radius 1 is 1.23 bits per heavy atom. The van der Waals surface area contributed by atoms with Crippen LogP contribution in [0.5, 0.6) is 0 Å². The van der Waals surface area contributed by atoms with Crippen LogP contribution in [0.25, 0.3) is 11.2 Å². The summed E-state index contributed by atoms with van der Waals surface area (Å²) >= 11 is 3.45. The highest BCUT2D eigenvalue weighted by molar-refractivity contribution is 9.10. The number of aromatic nitrogens is 4. The van der Waals surface area contributed by atoms with Crippen molar-refractivity contribution in [1.82, 2.24) is 18.7 Å². The third kappa shape index (κ3) is 3.34. The van der Waals surface area contributed by atoms with Gasteiger partial charge in [0.15, 0.2) is 11.2 Å². The van der Waals surface area contributed by atoms with Gasteiger partial charge in [-0.3, -0.25) is 14.2 Å². The number of benzene rings is 1. The molecule has 3 aromatic rings. The fourth-order valence-corrected chi connectivity index (χ4v) is 4.08. The summed E-state index contributed by atoms with van der Waals surface area (Å²) in [4.78, 5) is 44.6. The van der Waals surface area contributed by atoms with E-state index in [-0.39, 0.29) is 12.5 Å². The van der Waals surface area contributed by atoms with Crippen LogP contribution in [-0.4, -0.2) is 37.8 Å². The van der Waals surface area contributed by atoms with E-state index in [1.807, 2.05) is 33.7 Å². The molecule has 0 radical (unpaired) electrons. The molecule has 0 fully saturated rings. The Morgan fingerprint density at radius 2 is 1.93 bits per heavy atom. The number of carbonyl (C=O) groups excluding carboxylic acids is 1. The molecule has 0 aliphatic carbocycles. The van der Waals surface area contributed by atoms with Crippen molar-refractivity contribution in [3.05, 3.63) is 49.6 Å². The minimum absolute atomic E-state index is 0.178. The molecule has 0 unspecified atom stereocenters. The molecule has 10 heteroatoms. The number of esters is 1. The Labute approximate surface area is 180 Å². The number of nitrogens with zero attached hydrogens (tertiary/aromatic N) is 5. The third-order valence-corrected chi connectivity index (χ3v) is 5.70. The van der Waals surface area contributed by atoms with Crippen LogP contribution >= 0.6 is 15.9 Å². The molecule has 1 atom stereocenters. The molecule has 0 saturated carbocycles. The monoisotopic (exact) mass is 475 g/mol. The summed E-state index contributed by atoms with van der Waals surface area (Å²) in [7, 11) is 1.55. The molecule has 2 aromatic heterocycles. The number of hydrogen-bond donors (Lipinski definition) is 0. The molecule has 3 heterocycles. The summed E-state index contributed by atoms with van der Waals surface area (Å²) in [6.45, 7) is 4.84. The lowest BCUT2D eigenvalue weighted by Crippen LogP contribution is -2.42. The van der Waals surface area contributed by atoms with Crippen molar-refractivity contribution < 1.29 is 9.53 Å². The van der Waals surface area contributed by atoms with Gasteiger partial charge in [0.25, 0.3) is 5.56 Å². The normalized spacial score (nSPS) is 16.0. The van der Waals surface area contributed by atoms with Crippen LogP contribution in [0.2, 0.25) is 0 Å². The van der Waals surface area contributed by atoms with Crippen molar-refractivity contribution in [2.45, 2.75) is 26.9 Å². The molecular weight excluding hydrogens is 454 g/mol. The first-order valence-electron chi connectivity index (χ1n) is 9.70. The van der Waals surface area contributed by atoms with Gasteiger partial charge in [0.05, 0.1) is 6.61 Å². The quantitative estimate of drug-likeness (QED) is 0.536. The van der Waals surface area contributed by atoms with Gasteiger partial charge in [0.2, 0.25) is 5.95 Å². The van der Waals surface area contributed by atoms with E-state index in [0.29, 0.717) is 23.7 Å². The molecule has 30 heavy (non-hydrogen) atoms. The highest BCUT2D eigenvalue weighted by atomic mass is 79.9. The second kappa shape index (κ2) is 7.75. The number of rotatable bonds is 4. The number of imidazole rings is 1. The second-order valence-electron chi connectivity index (χ2n) is 7.42. The first-order valence-corrected chi connectivity index (χ1v) is 10.5. The summed E-state index contributed by atoms with van der Waals surface area (Å²) in [5.74, 6) is 0.222. The Hall–Kier alpha value is -2.88. The molecule has 0 amide bonds. The Kier molecular flexibility index (Phi) is 5.27. The van der Waals surface area contributed by atoms with Crippen molar-refractivity contribution in [3.8, 4) is 0 Å². The minimum atomic E-state index is -0.626. The highest BCUT2D eigenvalue weighted by Gasteiger charge is 2.30. The molecule has 1 aliphatic heterocycles. The maximum absolute atomic E-state index is 13.2. The van der Waals surface area contributed by atoms with Gasteiger partial charge in [0, 0.05) is 30.3 Å². The summed E-state index contributed by atoms with van der Waals surface area (Å²) in [6, 6.07) is 7.85. The fourth-order valence-electron chi connectivity index (χ4n) is 3.82. The average Bonchev–Trinajstić information content (AvgIpc) is 3.09. The van der Waals surface area contributed by atoms with Crippen LogP contribution in [0.3, 0.4) is 0 Å². The number of ether oxygens (including phenoxy) is 1. The van der Waals surface area contributed by atoms with E-state index in [0.717, 1.165) is 21.3 Å². The van der Waals surface area contributed by atoms with Crippen molar-refractivity contribution in [1.29, 1.82) is 0 Å². The van der Waals surface area contributed by atoms with E-state index in [9.17, 15) is 14.4 Å². The topological polar surface area (TPSA) is 91.4 Å². The summed E-state index contributed by atoms with van der Waals surface area (Å²) in [5.41, 5.74) is 0.420. The predicted octanol–water partition coefficient (Wildman–Crippen LogP) is 2.01. The molecule has 0 spiro atoms. The SMILES string of the molecule is CCOC(=O)Cn1c(=O)c2c(nc3n2C[C@@H](C)CN3c2ccc(Br)cc2)n(C)c1=O. The average molecular weight is 476 g/mol. The number of anilines is 2. The van der Waals surface area contributed by atoms with Crippen LogP contribution in [-0.2, 0) is 29.7 Å². The molecule has 4 rings (SSSR count). The Balaban J connectivity index is 1.93. The standard InChI is InChI=1S/C20H22BrN5O4/c1-4-30-15(27)11-26-18(28)16-17(23(3)20(26)29)22-19-24(9-12(2)10-25(16)19)14-7-5-13(21)6-8-14/h5-8,12H,4,9-11H2,1-3H3/t12-/m0/s1. The van der Waals surface area contributed by atoms with Crippen LogP contribution in [0.15, 0.2) is 38.3 Å². The molecule has 1 aliphatic rings. The van der Waals surface area contributed by atoms with Gasteiger partial charge in [0.1, 0.15) is 6.54 Å². The van der Waals surface area contributed by atoms with Gasteiger partial charge < -0.3 is 14.2 Å². The lowest BCUT2D eigenvalue weighted by Gasteiger charge is -2.33. The van der Waals surface area contributed by atoms with E-state index >= 15 is 0 Å². The first kappa shape index (κ1) is 20.4. The van der Waals surface area contributed by atoms with Crippen LogP contribution < -0.4 is 16.1 Å². The van der Waals surface area contributed by atoms with Crippen molar-refractivity contribution >= 4 is 44.7 Å². The van der Waals surface area contributed by atoms with Gasteiger partial charge in [-0.2, -0.15) is 4.98 Å². The predicted molar refractivity (Wildman–Crippen MR) is 116 cm³/mol. The number of aryl methyl sites for hydroxylation is 1. The summed E-state index contributed by atoms with van der Waals surface area (Å²) < 4.78 is 9.96. The van der Waals surface area contributed by atoms with Crippen molar-refractivity contribution in [3.63, 3.8) is 0 Å². The third-order valence-electron chi connectivity index (χ3n) is 5.17. The zero-order chi connectivity index (χ0) is 21.6. The maximum atomic E-state index is 13.2. The first-order chi connectivity index (χ1) is 14.3. The molecule has 1 aromatic carbocycles. The number of hydrogen-bond acceptors (Lipinski definition) is 6. The fraction of sp³-hybridized carbons (Fsp3) is 0.400. The van der Waals surface area contributed by atoms with Crippen LogP contribution in [0.1, 0.15) is 13.8 Å². The van der Waals surface area contributed by atoms with E-state index < -0.39 is 23.8 Å². The van der Waals surface area contributed by atoms with E-state index in [2.05, 4.69) is 27.8 Å². The number of carbonyl (C=O) groups is 1. The molecule has 0 N–H and O–H groups in total. The van der Waals surface area contributed by atoms with E-state index in [1.165, 1.54) is 4.57 Å². The smallest absolute Gasteiger partial charge is 0.333 e. The number of halogens is 1. The summed E-state index contributed by atoms with van der Waals surface area (Å²) in [5, 5.41) is 0.